The quantitative estimate of drug-likeness (QED) is 0.339. The summed E-state index contributed by atoms with van der Waals surface area (Å²) in [5.41, 5.74) is 5.61. The largest absolute Gasteiger partial charge is 0.493 e. The summed E-state index contributed by atoms with van der Waals surface area (Å²) in [7, 11) is 3.02. The molecule has 32 heavy (non-hydrogen) atoms. The summed E-state index contributed by atoms with van der Waals surface area (Å²) in [6.07, 6.45) is 1.44. The van der Waals surface area contributed by atoms with Gasteiger partial charge in [0, 0.05) is 5.56 Å². The molecule has 0 atom stereocenters. The molecule has 3 rings (SSSR count). The maximum Gasteiger partial charge on any atom is 0.271 e. The minimum Gasteiger partial charge on any atom is -0.493 e. The molecule has 1 amide bonds. The van der Waals surface area contributed by atoms with Crippen molar-refractivity contribution in [3.8, 4) is 17.2 Å². The van der Waals surface area contributed by atoms with Crippen LogP contribution in [0.5, 0.6) is 17.2 Å². The minimum atomic E-state index is -0.405. The number of ether oxygens (including phenoxy) is 3. The first-order chi connectivity index (χ1) is 15.4. The van der Waals surface area contributed by atoms with Crippen LogP contribution >= 0.6 is 23.2 Å². The van der Waals surface area contributed by atoms with Gasteiger partial charge in [-0.3, -0.25) is 4.79 Å². The highest BCUT2D eigenvalue weighted by atomic mass is 35.5. The molecule has 8 heteroatoms. The lowest BCUT2D eigenvalue weighted by atomic mass is 10.2. The molecule has 0 aliphatic carbocycles. The molecule has 166 valence electrons. The predicted octanol–water partition coefficient (Wildman–Crippen LogP) is 5.66. The maximum absolute atomic E-state index is 12.3. The first-order valence-corrected chi connectivity index (χ1v) is 10.4. The Hall–Kier alpha value is -3.22. The molecule has 0 saturated heterocycles. The van der Waals surface area contributed by atoms with E-state index in [1.807, 2.05) is 31.2 Å². The summed E-state index contributed by atoms with van der Waals surface area (Å²) in [5, 5.41) is 4.66. The first kappa shape index (κ1) is 23.4. The van der Waals surface area contributed by atoms with Crippen LogP contribution in [0.1, 0.15) is 27.0 Å². The molecule has 3 aromatic carbocycles. The second-order valence-corrected chi connectivity index (χ2v) is 7.67. The molecular weight excluding hydrogens is 451 g/mol. The minimum absolute atomic E-state index is 0.342. The number of hydrazone groups is 1. The topological polar surface area (TPSA) is 69.2 Å². The SMILES string of the molecule is COc1ccc(C(=O)N/N=C/c2cc(Cl)c(OCc3ccc(C)cc3)c(Cl)c2)cc1OC. The number of carbonyl (C=O) groups is 1. The molecule has 1 N–H and O–H groups in total. The lowest BCUT2D eigenvalue weighted by Gasteiger charge is -2.11. The van der Waals surface area contributed by atoms with E-state index in [-0.39, 0.29) is 0 Å². The molecule has 0 radical (unpaired) electrons. The molecule has 0 aliphatic heterocycles. The third kappa shape index (κ3) is 5.93. The first-order valence-electron chi connectivity index (χ1n) is 9.64. The summed E-state index contributed by atoms with van der Waals surface area (Å²) in [4.78, 5) is 12.3. The number of amides is 1. The summed E-state index contributed by atoms with van der Waals surface area (Å²) >= 11 is 12.7. The number of methoxy groups -OCH3 is 2. The van der Waals surface area contributed by atoms with Gasteiger partial charge in [-0.1, -0.05) is 53.0 Å². The highest BCUT2D eigenvalue weighted by molar-refractivity contribution is 6.37. The van der Waals surface area contributed by atoms with Crippen LogP contribution in [0.2, 0.25) is 10.0 Å². The van der Waals surface area contributed by atoms with Crippen LogP contribution in [0.25, 0.3) is 0 Å². The number of carbonyl (C=O) groups excluding carboxylic acids is 1. The van der Waals surface area contributed by atoms with E-state index in [4.69, 9.17) is 37.4 Å². The number of halogens is 2. The third-order valence-corrected chi connectivity index (χ3v) is 5.11. The van der Waals surface area contributed by atoms with E-state index in [2.05, 4.69) is 10.5 Å². The fourth-order valence-electron chi connectivity index (χ4n) is 2.84. The summed E-state index contributed by atoms with van der Waals surface area (Å²) < 4.78 is 16.2. The molecule has 3 aromatic rings. The van der Waals surface area contributed by atoms with Gasteiger partial charge in [0.1, 0.15) is 6.61 Å². The van der Waals surface area contributed by atoms with Gasteiger partial charge in [0.15, 0.2) is 17.2 Å². The number of hydrogen-bond acceptors (Lipinski definition) is 5. The van der Waals surface area contributed by atoms with Gasteiger partial charge in [0.05, 0.1) is 30.5 Å². The van der Waals surface area contributed by atoms with Crippen LogP contribution < -0.4 is 19.6 Å². The second kappa shape index (κ2) is 10.9. The number of rotatable bonds is 8. The van der Waals surface area contributed by atoms with Crippen LogP contribution in [0.3, 0.4) is 0 Å². The number of benzene rings is 3. The lowest BCUT2D eigenvalue weighted by Crippen LogP contribution is -2.17. The fourth-order valence-corrected chi connectivity index (χ4v) is 3.45. The zero-order chi connectivity index (χ0) is 23.1. The van der Waals surface area contributed by atoms with Gasteiger partial charge in [-0.25, -0.2) is 5.43 Å². The second-order valence-electron chi connectivity index (χ2n) is 6.86. The fraction of sp³-hybridized carbons (Fsp3) is 0.167. The molecule has 0 saturated carbocycles. The Kier molecular flexibility index (Phi) is 7.98. The van der Waals surface area contributed by atoms with Gasteiger partial charge < -0.3 is 14.2 Å². The summed E-state index contributed by atoms with van der Waals surface area (Å²) in [6.45, 7) is 2.36. The third-order valence-electron chi connectivity index (χ3n) is 4.55. The van der Waals surface area contributed by atoms with Crippen molar-refractivity contribution in [1.29, 1.82) is 0 Å². The number of hydrogen-bond donors (Lipinski definition) is 1. The van der Waals surface area contributed by atoms with Crippen molar-refractivity contribution in [3.05, 3.63) is 86.9 Å². The van der Waals surface area contributed by atoms with Gasteiger partial charge in [0.2, 0.25) is 0 Å². The van der Waals surface area contributed by atoms with Gasteiger partial charge in [-0.15, -0.1) is 0 Å². The molecule has 0 aromatic heterocycles. The van der Waals surface area contributed by atoms with Crippen LogP contribution in [0.15, 0.2) is 59.7 Å². The van der Waals surface area contributed by atoms with E-state index in [0.717, 1.165) is 5.56 Å². The molecule has 0 aliphatic rings. The number of aryl methyl sites for hydroxylation is 1. The van der Waals surface area contributed by atoms with Crippen LogP contribution in [0.4, 0.5) is 0 Å². The Morgan fingerprint density at radius 2 is 1.62 bits per heavy atom. The van der Waals surface area contributed by atoms with Crippen LogP contribution in [-0.2, 0) is 6.61 Å². The van der Waals surface area contributed by atoms with E-state index in [0.29, 0.717) is 45.0 Å². The van der Waals surface area contributed by atoms with Crippen molar-refractivity contribution >= 4 is 35.3 Å². The van der Waals surface area contributed by atoms with Gasteiger partial charge in [-0.2, -0.15) is 5.10 Å². The summed E-state index contributed by atoms with van der Waals surface area (Å²) in [5.74, 6) is 0.961. The number of nitrogens with one attached hydrogen (secondary N) is 1. The van der Waals surface area contributed by atoms with Crippen LogP contribution in [0, 0.1) is 6.92 Å². The van der Waals surface area contributed by atoms with E-state index in [1.165, 1.54) is 26.0 Å². The summed E-state index contributed by atoms with van der Waals surface area (Å²) in [6, 6.07) is 16.1. The van der Waals surface area contributed by atoms with Crippen molar-refractivity contribution < 1.29 is 19.0 Å². The molecule has 0 spiro atoms. The molecule has 0 heterocycles. The number of nitrogens with zero attached hydrogens (tertiary/aromatic N) is 1. The van der Waals surface area contributed by atoms with Crippen molar-refractivity contribution in [2.45, 2.75) is 13.5 Å². The van der Waals surface area contributed by atoms with Gasteiger partial charge >= 0.3 is 0 Å². The van der Waals surface area contributed by atoms with Crippen LogP contribution in [-0.4, -0.2) is 26.3 Å². The lowest BCUT2D eigenvalue weighted by molar-refractivity contribution is 0.0954. The van der Waals surface area contributed by atoms with Crippen molar-refractivity contribution in [2.24, 2.45) is 5.10 Å². The monoisotopic (exact) mass is 472 g/mol. The molecule has 0 unspecified atom stereocenters. The van der Waals surface area contributed by atoms with E-state index in [1.54, 1.807) is 30.3 Å². The Morgan fingerprint density at radius 3 is 2.25 bits per heavy atom. The predicted molar refractivity (Wildman–Crippen MR) is 127 cm³/mol. The average Bonchev–Trinajstić information content (AvgIpc) is 2.79. The van der Waals surface area contributed by atoms with Gasteiger partial charge in [-0.05, 0) is 48.4 Å². The smallest absolute Gasteiger partial charge is 0.271 e. The van der Waals surface area contributed by atoms with Crippen molar-refractivity contribution in [3.63, 3.8) is 0 Å². The molecule has 0 bridgehead atoms. The standard InChI is InChI=1S/C24H22Cl2N2O4/c1-15-4-6-16(7-5-15)14-32-23-19(25)10-17(11-20(23)26)13-27-28-24(29)18-8-9-21(30-2)22(12-18)31-3/h4-13H,14H2,1-3H3,(H,28,29)/b27-13+. The molecule has 0 fully saturated rings. The Labute approximate surface area is 196 Å². The van der Waals surface area contributed by atoms with Gasteiger partial charge in [0.25, 0.3) is 5.91 Å². The van der Waals surface area contributed by atoms with Crippen molar-refractivity contribution in [1.82, 2.24) is 5.43 Å². The zero-order valence-corrected chi connectivity index (χ0v) is 19.3. The Morgan fingerprint density at radius 1 is 0.969 bits per heavy atom. The highest BCUT2D eigenvalue weighted by Crippen LogP contribution is 2.34. The van der Waals surface area contributed by atoms with Crippen molar-refractivity contribution in [2.75, 3.05) is 14.2 Å². The zero-order valence-electron chi connectivity index (χ0n) is 17.8. The normalized spacial score (nSPS) is 10.8. The average molecular weight is 473 g/mol. The van der Waals surface area contributed by atoms with E-state index in [9.17, 15) is 4.79 Å². The Bertz CT molecular complexity index is 1110. The van der Waals surface area contributed by atoms with E-state index < -0.39 is 5.91 Å². The Balaban J connectivity index is 1.64. The molecular formula is C24H22Cl2N2O4. The molecule has 6 nitrogen and oxygen atoms in total. The highest BCUT2D eigenvalue weighted by Gasteiger charge is 2.11. The van der Waals surface area contributed by atoms with E-state index >= 15 is 0 Å². The maximum atomic E-state index is 12.3.